The van der Waals surface area contributed by atoms with Gasteiger partial charge in [0, 0.05) is 23.3 Å². The Bertz CT molecular complexity index is 667. The van der Waals surface area contributed by atoms with Crippen molar-refractivity contribution in [2.45, 2.75) is 33.2 Å². The third-order valence-electron chi connectivity index (χ3n) is 3.23. The summed E-state index contributed by atoms with van der Waals surface area (Å²) in [4.78, 5) is 12.0. The van der Waals surface area contributed by atoms with Crippen LogP contribution in [0.1, 0.15) is 31.2 Å². The first kappa shape index (κ1) is 15.7. The van der Waals surface area contributed by atoms with E-state index in [1.165, 1.54) is 0 Å². The third-order valence-corrected chi connectivity index (χ3v) is 3.47. The number of rotatable bonds is 6. The zero-order chi connectivity index (χ0) is 15.2. The summed E-state index contributed by atoms with van der Waals surface area (Å²) in [5, 5.41) is 8.36. The molecule has 5 heteroatoms. The minimum Gasteiger partial charge on any atom is -0.311 e. The first-order valence-electron chi connectivity index (χ1n) is 7.18. The lowest BCUT2D eigenvalue weighted by molar-refractivity contribution is 0.615. The van der Waals surface area contributed by atoms with Gasteiger partial charge in [-0.3, -0.25) is 4.79 Å². The van der Waals surface area contributed by atoms with E-state index >= 15 is 0 Å². The van der Waals surface area contributed by atoms with Crippen molar-refractivity contribution in [3.05, 3.63) is 57.0 Å². The number of nitrogens with zero attached hydrogens (tertiary/aromatic N) is 2. The number of hydrogen-bond acceptors (Lipinski definition) is 3. The normalized spacial score (nSPS) is 10.8. The van der Waals surface area contributed by atoms with Crippen molar-refractivity contribution in [3.63, 3.8) is 0 Å². The van der Waals surface area contributed by atoms with Gasteiger partial charge in [0.1, 0.15) is 5.69 Å². The zero-order valence-electron chi connectivity index (χ0n) is 12.4. The molecular formula is C16H20ClN3O. The van der Waals surface area contributed by atoms with Crippen LogP contribution in [-0.4, -0.2) is 16.3 Å². The molecule has 21 heavy (non-hydrogen) atoms. The first-order chi connectivity index (χ1) is 10.1. The number of halogens is 1. The van der Waals surface area contributed by atoms with Crippen LogP contribution < -0.4 is 10.7 Å². The van der Waals surface area contributed by atoms with Crippen LogP contribution in [0.4, 0.5) is 0 Å². The van der Waals surface area contributed by atoms with Crippen LogP contribution >= 0.6 is 11.6 Å². The number of aromatic nitrogens is 2. The number of benzene rings is 1. The summed E-state index contributed by atoms with van der Waals surface area (Å²) in [5.74, 6) is 0. The Hall–Kier alpha value is -1.65. The summed E-state index contributed by atoms with van der Waals surface area (Å²) in [6, 6.07) is 9.06. The van der Waals surface area contributed by atoms with Gasteiger partial charge < -0.3 is 5.32 Å². The van der Waals surface area contributed by atoms with Crippen LogP contribution in [0.3, 0.4) is 0 Å². The topological polar surface area (TPSA) is 46.9 Å². The zero-order valence-corrected chi connectivity index (χ0v) is 13.2. The maximum atomic E-state index is 12.0. The quantitative estimate of drug-likeness (QED) is 0.834. The van der Waals surface area contributed by atoms with E-state index in [1.807, 2.05) is 31.2 Å². The molecule has 112 valence electrons. The predicted octanol–water partition coefficient (Wildman–Crippen LogP) is 3.08. The van der Waals surface area contributed by atoms with E-state index < -0.39 is 0 Å². The average molecular weight is 306 g/mol. The second-order valence-electron chi connectivity index (χ2n) is 5.02. The van der Waals surface area contributed by atoms with Crippen molar-refractivity contribution >= 4 is 11.6 Å². The molecule has 0 unspecified atom stereocenters. The molecule has 0 saturated carbocycles. The van der Waals surface area contributed by atoms with Crippen molar-refractivity contribution in [2.75, 3.05) is 6.54 Å². The summed E-state index contributed by atoms with van der Waals surface area (Å²) in [6.07, 6.45) is 2.22. The minimum atomic E-state index is -0.0326. The Labute approximate surface area is 129 Å². The molecule has 2 aromatic rings. The Kier molecular flexibility index (Phi) is 5.53. The van der Waals surface area contributed by atoms with E-state index in [0.29, 0.717) is 17.3 Å². The second kappa shape index (κ2) is 7.38. The molecular weight excluding hydrogens is 286 g/mol. The Morgan fingerprint density at radius 1 is 1.33 bits per heavy atom. The van der Waals surface area contributed by atoms with E-state index in [1.54, 1.807) is 10.7 Å². The first-order valence-corrected chi connectivity index (χ1v) is 7.56. The van der Waals surface area contributed by atoms with Crippen LogP contribution in [0.25, 0.3) is 5.69 Å². The molecule has 2 rings (SSSR count). The van der Waals surface area contributed by atoms with Crippen molar-refractivity contribution in [1.82, 2.24) is 15.1 Å². The summed E-state index contributed by atoms with van der Waals surface area (Å²) < 4.78 is 1.75. The van der Waals surface area contributed by atoms with Gasteiger partial charge in [-0.25, -0.2) is 4.68 Å². The highest BCUT2D eigenvalue weighted by Crippen LogP contribution is 2.15. The van der Waals surface area contributed by atoms with Crippen LogP contribution in [0.5, 0.6) is 0 Å². The number of unbranched alkanes of at least 4 members (excludes halogenated alkanes) is 1. The van der Waals surface area contributed by atoms with E-state index in [-0.39, 0.29) is 5.43 Å². The molecule has 4 nitrogen and oxygen atoms in total. The highest BCUT2D eigenvalue weighted by molar-refractivity contribution is 6.30. The average Bonchev–Trinajstić information content (AvgIpc) is 2.45. The van der Waals surface area contributed by atoms with Gasteiger partial charge >= 0.3 is 0 Å². The molecule has 0 bridgehead atoms. The lowest BCUT2D eigenvalue weighted by Gasteiger charge is -2.12. The molecule has 0 aliphatic rings. The molecule has 1 aromatic carbocycles. The van der Waals surface area contributed by atoms with Crippen LogP contribution in [0.15, 0.2) is 35.1 Å². The molecule has 0 spiro atoms. The monoisotopic (exact) mass is 305 g/mol. The van der Waals surface area contributed by atoms with Gasteiger partial charge in [0.05, 0.1) is 5.69 Å². The SMILES string of the molecule is CCCCNCc1nn(-c2cccc(Cl)c2)c(C)cc1=O. The van der Waals surface area contributed by atoms with Crippen LogP contribution in [0, 0.1) is 6.92 Å². The van der Waals surface area contributed by atoms with Crippen LogP contribution in [0.2, 0.25) is 5.02 Å². The Morgan fingerprint density at radius 3 is 2.86 bits per heavy atom. The summed E-state index contributed by atoms with van der Waals surface area (Å²) in [6.45, 7) is 5.38. The summed E-state index contributed by atoms with van der Waals surface area (Å²) in [7, 11) is 0. The number of nitrogens with one attached hydrogen (secondary N) is 1. The summed E-state index contributed by atoms with van der Waals surface area (Å²) >= 11 is 6.02. The maximum Gasteiger partial charge on any atom is 0.204 e. The van der Waals surface area contributed by atoms with Gasteiger partial charge in [-0.05, 0) is 38.1 Å². The lowest BCUT2D eigenvalue weighted by Crippen LogP contribution is -2.25. The fourth-order valence-electron chi connectivity index (χ4n) is 2.08. The molecule has 0 saturated heterocycles. The van der Waals surface area contributed by atoms with Crippen molar-refractivity contribution in [2.24, 2.45) is 0 Å². The smallest absolute Gasteiger partial charge is 0.204 e. The van der Waals surface area contributed by atoms with E-state index in [2.05, 4.69) is 17.3 Å². The molecule has 0 aliphatic carbocycles. The van der Waals surface area contributed by atoms with Gasteiger partial charge in [-0.15, -0.1) is 0 Å². The molecule has 0 radical (unpaired) electrons. The molecule has 0 aliphatic heterocycles. The molecule has 1 aromatic heterocycles. The van der Waals surface area contributed by atoms with E-state index in [4.69, 9.17) is 11.6 Å². The van der Waals surface area contributed by atoms with Gasteiger partial charge in [0.2, 0.25) is 5.43 Å². The van der Waals surface area contributed by atoms with E-state index in [9.17, 15) is 4.79 Å². The van der Waals surface area contributed by atoms with E-state index in [0.717, 1.165) is 30.8 Å². The fraction of sp³-hybridized carbons (Fsp3) is 0.375. The van der Waals surface area contributed by atoms with Crippen LogP contribution in [-0.2, 0) is 6.54 Å². The van der Waals surface area contributed by atoms with Gasteiger partial charge in [-0.2, -0.15) is 5.10 Å². The van der Waals surface area contributed by atoms with Crippen molar-refractivity contribution in [3.8, 4) is 5.69 Å². The summed E-state index contributed by atoms with van der Waals surface area (Å²) in [5.41, 5.74) is 2.14. The molecule has 0 fully saturated rings. The number of hydrogen-bond donors (Lipinski definition) is 1. The van der Waals surface area contributed by atoms with Gasteiger partial charge in [0.25, 0.3) is 0 Å². The molecule has 0 atom stereocenters. The van der Waals surface area contributed by atoms with Crippen molar-refractivity contribution < 1.29 is 0 Å². The molecule has 1 N–H and O–H groups in total. The maximum absolute atomic E-state index is 12.0. The standard InChI is InChI=1S/C16H20ClN3O/c1-3-4-8-18-11-15-16(21)9-12(2)20(19-15)14-7-5-6-13(17)10-14/h5-7,9-10,18H,3-4,8,11H2,1-2H3. The minimum absolute atomic E-state index is 0.0326. The van der Waals surface area contributed by atoms with Gasteiger partial charge in [-0.1, -0.05) is 31.0 Å². The fourth-order valence-corrected chi connectivity index (χ4v) is 2.27. The predicted molar refractivity (Wildman–Crippen MR) is 86.2 cm³/mol. The highest BCUT2D eigenvalue weighted by Gasteiger charge is 2.07. The molecule has 0 amide bonds. The molecule has 1 heterocycles. The second-order valence-corrected chi connectivity index (χ2v) is 5.46. The highest BCUT2D eigenvalue weighted by atomic mass is 35.5. The third kappa shape index (κ3) is 4.16. The Morgan fingerprint density at radius 2 is 2.14 bits per heavy atom. The largest absolute Gasteiger partial charge is 0.311 e. The van der Waals surface area contributed by atoms with Crippen molar-refractivity contribution in [1.29, 1.82) is 0 Å². The van der Waals surface area contributed by atoms with Gasteiger partial charge in [0.15, 0.2) is 0 Å². The lowest BCUT2D eigenvalue weighted by atomic mass is 10.2. The number of aryl methyl sites for hydroxylation is 1. The Balaban J connectivity index is 2.28.